The standard InChI is InChI=1S/C18H20N2O3/c1-11-5-6-12(2)16(9-11)14(4)19-18(21)15-8-7-13(3)17(10-15)20(22)23/h5-10,14H,1-4H3,(H,19,21)/t14-/m1/s1. The van der Waals surface area contributed by atoms with Gasteiger partial charge in [-0.1, -0.05) is 29.8 Å². The minimum atomic E-state index is -0.472. The van der Waals surface area contributed by atoms with Crippen LogP contribution in [0.25, 0.3) is 0 Å². The Bertz CT molecular complexity index is 769. The number of nitro groups is 1. The molecule has 0 heterocycles. The summed E-state index contributed by atoms with van der Waals surface area (Å²) in [7, 11) is 0. The number of amides is 1. The van der Waals surface area contributed by atoms with Gasteiger partial charge in [-0.25, -0.2) is 0 Å². The van der Waals surface area contributed by atoms with Crippen molar-refractivity contribution in [1.29, 1.82) is 0 Å². The summed E-state index contributed by atoms with van der Waals surface area (Å²) in [6.45, 7) is 7.55. The number of carbonyl (C=O) groups excluding carboxylic acids is 1. The van der Waals surface area contributed by atoms with Gasteiger partial charge in [0.15, 0.2) is 0 Å². The molecule has 0 spiro atoms. The molecule has 0 aromatic heterocycles. The topological polar surface area (TPSA) is 72.2 Å². The smallest absolute Gasteiger partial charge is 0.273 e. The Morgan fingerprint density at radius 2 is 1.74 bits per heavy atom. The molecule has 0 saturated carbocycles. The van der Waals surface area contributed by atoms with E-state index in [1.165, 1.54) is 6.07 Å². The SMILES string of the molecule is Cc1ccc(C)c([C@@H](C)NC(=O)c2ccc(C)c([N+](=O)[O-])c2)c1. The Kier molecular flexibility index (Phi) is 4.79. The van der Waals surface area contributed by atoms with Gasteiger partial charge in [0.2, 0.25) is 0 Å². The monoisotopic (exact) mass is 312 g/mol. The summed E-state index contributed by atoms with van der Waals surface area (Å²) in [6.07, 6.45) is 0. The first kappa shape index (κ1) is 16.7. The maximum Gasteiger partial charge on any atom is 0.273 e. The lowest BCUT2D eigenvalue weighted by Crippen LogP contribution is -2.27. The van der Waals surface area contributed by atoms with Gasteiger partial charge >= 0.3 is 0 Å². The van der Waals surface area contributed by atoms with Crippen LogP contribution in [0.15, 0.2) is 36.4 Å². The summed E-state index contributed by atoms with van der Waals surface area (Å²) in [5.41, 5.74) is 4.04. The molecule has 0 fully saturated rings. The number of carbonyl (C=O) groups is 1. The molecule has 0 aliphatic rings. The molecule has 1 amide bonds. The largest absolute Gasteiger partial charge is 0.346 e. The van der Waals surface area contributed by atoms with Crippen LogP contribution in [-0.4, -0.2) is 10.8 Å². The second-order valence-electron chi connectivity index (χ2n) is 5.81. The van der Waals surface area contributed by atoms with Crippen molar-refractivity contribution in [3.05, 3.63) is 74.3 Å². The van der Waals surface area contributed by atoms with E-state index < -0.39 is 4.92 Å². The van der Waals surface area contributed by atoms with Gasteiger partial charge in [-0.15, -0.1) is 0 Å². The van der Waals surface area contributed by atoms with Crippen LogP contribution in [0.2, 0.25) is 0 Å². The van der Waals surface area contributed by atoms with Gasteiger partial charge in [-0.2, -0.15) is 0 Å². The highest BCUT2D eigenvalue weighted by atomic mass is 16.6. The van der Waals surface area contributed by atoms with Gasteiger partial charge in [0.25, 0.3) is 11.6 Å². The van der Waals surface area contributed by atoms with Crippen LogP contribution in [0.5, 0.6) is 0 Å². The molecular formula is C18H20N2O3. The van der Waals surface area contributed by atoms with Gasteiger partial charge in [-0.05, 0) is 44.9 Å². The average molecular weight is 312 g/mol. The maximum atomic E-state index is 12.4. The molecule has 0 aliphatic heterocycles. The first-order chi connectivity index (χ1) is 10.8. The third-order valence-corrected chi connectivity index (χ3v) is 3.92. The first-order valence-electron chi connectivity index (χ1n) is 7.42. The van der Waals surface area contributed by atoms with Crippen LogP contribution in [0.4, 0.5) is 5.69 Å². The second-order valence-corrected chi connectivity index (χ2v) is 5.81. The fourth-order valence-corrected chi connectivity index (χ4v) is 2.53. The lowest BCUT2D eigenvalue weighted by atomic mass is 9.99. The minimum absolute atomic E-state index is 0.0444. The Hall–Kier alpha value is -2.69. The molecule has 0 bridgehead atoms. The molecule has 2 rings (SSSR count). The lowest BCUT2D eigenvalue weighted by molar-refractivity contribution is -0.385. The van der Waals surface area contributed by atoms with Crippen molar-refractivity contribution >= 4 is 11.6 Å². The lowest BCUT2D eigenvalue weighted by Gasteiger charge is -2.17. The predicted octanol–water partition coefficient (Wildman–Crippen LogP) is 4.01. The summed E-state index contributed by atoms with van der Waals surface area (Å²) in [6, 6.07) is 10.4. The highest BCUT2D eigenvalue weighted by Crippen LogP contribution is 2.22. The summed E-state index contributed by atoms with van der Waals surface area (Å²) in [5.74, 6) is -0.318. The molecule has 0 aliphatic carbocycles. The van der Waals surface area contributed by atoms with Crippen molar-refractivity contribution in [2.24, 2.45) is 0 Å². The van der Waals surface area contributed by atoms with Crippen LogP contribution in [-0.2, 0) is 0 Å². The molecule has 1 atom stereocenters. The van der Waals surface area contributed by atoms with Crippen LogP contribution in [0.1, 0.15) is 45.6 Å². The Balaban J connectivity index is 2.23. The van der Waals surface area contributed by atoms with E-state index >= 15 is 0 Å². The highest BCUT2D eigenvalue weighted by molar-refractivity contribution is 5.95. The number of aryl methyl sites for hydroxylation is 3. The fraction of sp³-hybridized carbons (Fsp3) is 0.278. The normalized spacial score (nSPS) is 11.8. The van der Waals surface area contributed by atoms with Crippen molar-refractivity contribution in [3.8, 4) is 0 Å². The molecule has 0 radical (unpaired) electrons. The maximum absolute atomic E-state index is 12.4. The van der Waals surface area contributed by atoms with Crippen molar-refractivity contribution in [2.45, 2.75) is 33.7 Å². The quantitative estimate of drug-likeness (QED) is 0.685. The van der Waals surface area contributed by atoms with Gasteiger partial charge < -0.3 is 5.32 Å². The summed E-state index contributed by atoms with van der Waals surface area (Å²) in [5, 5.41) is 13.9. The van der Waals surface area contributed by atoms with Crippen LogP contribution < -0.4 is 5.32 Å². The van der Waals surface area contributed by atoms with E-state index in [1.54, 1.807) is 19.1 Å². The highest BCUT2D eigenvalue weighted by Gasteiger charge is 2.17. The van der Waals surface area contributed by atoms with Crippen molar-refractivity contribution < 1.29 is 9.72 Å². The zero-order valence-corrected chi connectivity index (χ0v) is 13.7. The van der Waals surface area contributed by atoms with E-state index in [0.29, 0.717) is 11.1 Å². The zero-order valence-electron chi connectivity index (χ0n) is 13.7. The van der Waals surface area contributed by atoms with E-state index in [4.69, 9.17) is 0 Å². The van der Waals surface area contributed by atoms with Gasteiger partial charge in [0, 0.05) is 17.2 Å². The third kappa shape index (κ3) is 3.74. The molecular weight excluding hydrogens is 292 g/mol. The summed E-state index contributed by atoms with van der Waals surface area (Å²) >= 11 is 0. The van der Waals surface area contributed by atoms with Crippen LogP contribution in [0.3, 0.4) is 0 Å². The molecule has 5 heteroatoms. The van der Waals surface area contributed by atoms with Gasteiger partial charge in [-0.3, -0.25) is 14.9 Å². The molecule has 5 nitrogen and oxygen atoms in total. The number of hydrogen-bond acceptors (Lipinski definition) is 3. The minimum Gasteiger partial charge on any atom is -0.346 e. The van der Waals surface area contributed by atoms with Crippen LogP contribution in [0, 0.1) is 30.9 Å². The second kappa shape index (κ2) is 6.60. The molecule has 1 N–H and O–H groups in total. The zero-order chi connectivity index (χ0) is 17.1. The summed E-state index contributed by atoms with van der Waals surface area (Å²) in [4.78, 5) is 22.9. The van der Waals surface area contributed by atoms with Crippen molar-refractivity contribution in [1.82, 2.24) is 5.32 Å². The average Bonchev–Trinajstić information content (AvgIpc) is 2.49. The fourth-order valence-electron chi connectivity index (χ4n) is 2.53. The third-order valence-electron chi connectivity index (χ3n) is 3.92. The Morgan fingerprint density at radius 1 is 1.09 bits per heavy atom. The molecule has 120 valence electrons. The number of hydrogen-bond donors (Lipinski definition) is 1. The van der Waals surface area contributed by atoms with Crippen LogP contribution >= 0.6 is 0 Å². The molecule has 2 aromatic carbocycles. The van der Waals surface area contributed by atoms with E-state index in [0.717, 1.165) is 16.7 Å². The Morgan fingerprint density at radius 3 is 2.39 bits per heavy atom. The van der Waals surface area contributed by atoms with Crippen molar-refractivity contribution in [3.63, 3.8) is 0 Å². The van der Waals surface area contributed by atoms with E-state index in [-0.39, 0.29) is 17.6 Å². The van der Waals surface area contributed by atoms with E-state index in [9.17, 15) is 14.9 Å². The first-order valence-corrected chi connectivity index (χ1v) is 7.42. The van der Waals surface area contributed by atoms with E-state index in [1.807, 2.05) is 39.0 Å². The molecule has 0 unspecified atom stereocenters. The van der Waals surface area contributed by atoms with Gasteiger partial charge in [0.1, 0.15) is 0 Å². The van der Waals surface area contributed by atoms with Gasteiger partial charge in [0.05, 0.1) is 11.0 Å². The molecule has 0 saturated heterocycles. The number of benzene rings is 2. The predicted molar refractivity (Wildman–Crippen MR) is 89.6 cm³/mol. The number of nitro benzene ring substituents is 1. The number of rotatable bonds is 4. The number of nitrogens with one attached hydrogen (secondary N) is 1. The Labute approximate surface area is 135 Å². The number of nitrogens with zero attached hydrogens (tertiary/aromatic N) is 1. The molecule has 2 aromatic rings. The van der Waals surface area contributed by atoms with Crippen molar-refractivity contribution in [2.75, 3.05) is 0 Å². The summed E-state index contributed by atoms with van der Waals surface area (Å²) < 4.78 is 0. The van der Waals surface area contributed by atoms with E-state index in [2.05, 4.69) is 5.32 Å². The molecule has 23 heavy (non-hydrogen) atoms.